The standard InChI is InChI=1S/C17H26O3/c1-19-12-13-20-17-9-5-4-8-15(17)16(18)11-10-14-6-2-3-7-14/h4-5,8-9,14,16,18H,2-3,6-7,10-13H2,1H3. The van der Waals surface area contributed by atoms with Crippen molar-refractivity contribution in [3.05, 3.63) is 29.8 Å². The van der Waals surface area contributed by atoms with E-state index in [-0.39, 0.29) is 0 Å². The van der Waals surface area contributed by atoms with Gasteiger partial charge in [0.1, 0.15) is 12.4 Å². The first-order chi connectivity index (χ1) is 9.81. The summed E-state index contributed by atoms with van der Waals surface area (Å²) in [5, 5.41) is 10.4. The van der Waals surface area contributed by atoms with Gasteiger partial charge in [0, 0.05) is 12.7 Å². The highest BCUT2D eigenvalue weighted by Gasteiger charge is 2.18. The summed E-state index contributed by atoms with van der Waals surface area (Å²) in [6.07, 6.45) is 6.91. The molecule has 1 aromatic carbocycles. The van der Waals surface area contributed by atoms with Crippen LogP contribution in [0.25, 0.3) is 0 Å². The minimum Gasteiger partial charge on any atom is -0.491 e. The normalized spacial score (nSPS) is 17.3. The van der Waals surface area contributed by atoms with E-state index >= 15 is 0 Å². The monoisotopic (exact) mass is 278 g/mol. The molecule has 1 atom stereocenters. The predicted molar refractivity (Wildman–Crippen MR) is 80.0 cm³/mol. The Kier molecular flexibility index (Phi) is 6.34. The van der Waals surface area contributed by atoms with E-state index in [1.165, 1.54) is 25.7 Å². The maximum absolute atomic E-state index is 10.4. The predicted octanol–water partition coefficient (Wildman–Crippen LogP) is 3.72. The summed E-state index contributed by atoms with van der Waals surface area (Å²) in [7, 11) is 1.66. The van der Waals surface area contributed by atoms with Gasteiger partial charge in [-0.15, -0.1) is 0 Å². The Bertz CT molecular complexity index is 386. The first kappa shape index (κ1) is 15.3. The fraction of sp³-hybridized carbons (Fsp3) is 0.647. The zero-order valence-electron chi connectivity index (χ0n) is 12.4. The third kappa shape index (κ3) is 4.50. The topological polar surface area (TPSA) is 38.7 Å². The molecule has 0 radical (unpaired) electrons. The van der Waals surface area contributed by atoms with Crippen molar-refractivity contribution >= 4 is 0 Å². The molecule has 0 saturated heterocycles. The Morgan fingerprint density at radius 3 is 2.70 bits per heavy atom. The molecule has 1 unspecified atom stereocenters. The Balaban J connectivity index is 1.88. The molecular formula is C17H26O3. The molecule has 0 aliphatic heterocycles. The third-order valence-electron chi connectivity index (χ3n) is 4.15. The van der Waals surface area contributed by atoms with Crippen molar-refractivity contribution < 1.29 is 14.6 Å². The molecule has 1 N–H and O–H groups in total. The van der Waals surface area contributed by atoms with E-state index in [2.05, 4.69) is 0 Å². The number of ether oxygens (including phenoxy) is 2. The third-order valence-corrected chi connectivity index (χ3v) is 4.15. The minimum absolute atomic E-state index is 0.422. The molecule has 0 amide bonds. The first-order valence-corrected chi connectivity index (χ1v) is 7.70. The number of hydrogen-bond acceptors (Lipinski definition) is 3. The molecule has 1 saturated carbocycles. The second-order valence-corrected chi connectivity index (χ2v) is 5.62. The number of methoxy groups -OCH3 is 1. The van der Waals surface area contributed by atoms with Gasteiger partial charge in [-0.05, 0) is 24.8 Å². The van der Waals surface area contributed by atoms with Crippen LogP contribution in [-0.2, 0) is 4.74 Å². The van der Waals surface area contributed by atoms with E-state index in [1.807, 2.05) is 24.3 Å². The summed E-state index contributed by atoms with van der Waals surface area (Å²) < 4.78 is 10.7. The highest BCUT2D eigenvalue weighted by molar-refractivity contribution is 5.35. The number of aliphatic hydroxyl groups is 1. The van der Waals surface area contributed by atoms with Crippen LogP contribution in [0.15, 0.2) is 24.3 Å². The van der Waals surface area contributed by atoms with Crippen LogP contribution in [0.1, 0.15) is 50.2 Å². The molecule has 112 valence electrons. The van der Waals surface area contributed by atoms with E-state index in [0.717, 1.165) is 30.1 Å². The number of benzene rings is 1. The van der Waals surface area contributed by atoms with Crippen molar-refractivity contribution in [2.24, 2.45) is 5.92 Å². The summed E-state index contributed by atoms with van der Waals surface area (Å²) in [6.45, 7) is 1.08. The van der Waals surface area contributed by atoms with Gasteiger partial charge < -0.3 is 14.6 Å². The average molecular weight is 278 g/mol. The van der Waals surface area contributed by atoms with E-state index < -0.39 is 6.10 Å². The van der Waals surface area contributed by atoms with Gasteiger partial charge >= 0.3 is 0 Å². The van der Waals surface area contributed by atoms with Gasteiger partial charge in [0.25, 0.3) is 0 Å². The quantitative estimate of drug-likeness (QED) is 0.737. The molecular weight excluding hydrogens is 252 g/mol. The van der Waals surface area contributed by atoms with E-state index in [0.29, 0.717) is 13.2 Å². The Hall–Kier alpha value is -1.06. The summed E-state index contributed by atoms with van der Waals surface area (Å²) in [4.78, 5) is 0. The van der Waals surface area contributed by atoms with Gasteiger partial charge in [0.05, 0.1) is 12.7 Å². The fourth-order valence-corrected chi connectivity index (χ4v) is 2.97. The lowest BCUT2D eigenvalue weighted by atomic mass is 9.96. The van der Waals surface area contributed by atoms with E-state index in [1.54, 1.807) is 7.11 Å². The number of rotatable bonds is 8. The maximum Gasteiger partial charge on any atom is 0.125 e. The molecule has 1 aromatic rings. The first-order valence-electron chi connectivity index (χ1n) is 7.70. The molecule has 0 spiro atoms. The smallest absolute Gasteiger partial charge is 0.125 e. The summed E-state index contributed by atoms with van der Waals surface area (Å²) in [5.41, 5.74) is 0.904. The molecule has 20 heavy (non-hydrogen) atoms. The summed E-state index contributed by atoms with van der Waals surface area (Å²) in [6, 6.07) is 7.78. The summed E-state index contributed by atoms with van der Waals surface area (Å²) in [5.74, 6) is 1.59. The molecule has 3 heteroatoms. The Labute approximate surface area is 121 Å². The Morgan fingerprint density at radius 1 is 1.20 bits per heavy atom. The lowest BCUT2D eigenvalue weighted by molar-refractivity contribution is 0.133. The van der Waals surface area contributed by atoms with Crippen LogP contribution in [0.2, 0.25) is 0 Å². The van der Waals surface area contributed by atoms with Crippen LogP contribution in [0, 0.1) is 5.92 Å². The molecule has 1 fully saturated rings. The second kappa shape index (κ2) is 8.28. The SMILES string of the molecule is COCCOc1ccccc1C(O)CCC1CCCC1. The van der Waals surface area contributed by atoms with Crippen molar-refractivity contribution in [2.75, 3.05) is 20.3 Å². The molecule has 0 bridgehead atoms. The van der Waals surface area contributed by atoms with Crippen LogP contribution in [0.4, 0.5) is 0 Å². The maximum atomic E-state index is 10.4. The lowest BCUT2D eigenvalue weighted by Crippen LogP contribution is -2.08. The van der Waals surface area contributed by atoms with Crippen LogP contribution in [0.3, 0.4) is 0 Å². The average Bonchev–Trinajstić information content (AvgIpc) is 2.99. The van der Waals surface area contributed by atoms with Crippen molar-refractivity contribution in [2.45, 2.75) is 44.6 Å². The molecule has 2 rings (SSSR count). The van der Waals surface area contributed by atoms with Gasteiger partial charge in [0.15, 0.2) is 0 Å². The molecule has 0 heterocycles. The highest BCUT2D eigenvalue weighted by atomic mass is 16.5. The van der Waals surface area contributed by atoms with Gasteiger partial charge in [-0.25, -0.2) is 0 Å². The Morgan fingerprint density at radius 2 is 1.95 bits per heavy atom. The summed E-state index contributed by atoms with van der Waals surface area (Å²) >= 11 is 0. The van der Waals surface area contributed by atoms with Crippen LogP contribution in [-0.4, -0.2) is 25.4 Å². The molecule has 1 aliphatic carbocycles. The van der Waals surface area contributed by atoms with Gasteiger partial charge in [0.2, 0.25) is 0 Å². The number of hydrogen-bond donors (Lipinski definition) is 1. The number of para-hydroxylation sites is 1. The zero-order chi connectivity index (χ0) is 14.2. The van der Waals surface area contributed by atoms with Crippen molar-refractivity contribution in [1.82, 2.24) is 0 Å². The zero-order valence-corrected chi connectivity index (χ0v) is 12.4. The van der Waals surface area contributed by atoms with Crippen molar-refractivity contribution in [1.29, 1.82) is 0 Å². The van der Waals surface area contributed by atoms with Crippen LogP contribution < -0.4 is 4.74 Å². The fourth-order valence-electron chi connectivity index (χ4n) is 2.97. The van der Waals surface area contributed by atoms with Crippen LogP contribution >= 0.6 is 0 Å². The van der Waals surface area contributed by atoms with Crippen molar-refractivity contribution in [3.8, 4) is 5.75 Å². The van der Waals surface area contributed by atoms with Gasteiger partial charge in [-0.3, -0.25) is 0 Å². The highest BCUT2D eigenvalue weighted by Crippen LogP contribution is 2.33. The molecule has 1 aliphatic rings. The largest absolute Gasteiger partial charge is 0.491 e. The minimum atomic E-state index is -0.422. The lowest BCUT2D eigenvalue weighted by Gasteiger charge is -2.17. The number of aliphatic hydroxyl groups excluding tert-OH is 1. The van der Waals surface area contributed by atoms with Gasteiger partial charge in [-0.1, -0.05) is 43.9 Å². The van der Waals surface area contributed by atoms with Crippen LogP contribution in [0.5, 0.6) is 5.75 Å². The van der Waals surface area contributed by atoms with Crippen molar-refractivity contribution in [3.63, 3.8) is 0 Å². The van der Waals surface area contributed by atoms with Gasteiger partial charge in [-0.2, -0.15) is 0 Å². The molecule has 0 aromatic heterocycles. The van der Waals surface area contributed by atoms with E-state index in [9.17, 15) is 5.11 Å². The van der Waals surface area contributed by atoms with E-state index in [4.69, 9.17) is 9.47 Å². The second-order valence-electron chi connectivity index (χ2n) is 5.62. The molecule has 3 nitrogen and oxygen atoms in total.